The third kappa shape index (κ3) is 42.8. The molecule has 0 aliphatic heterocycles. The molecular weight excluding hydrogens is 743 g/mol. The number of aliphatic hydroxyl groups is 2. The summed E-state index contributed by atoms with van der Waals surface area (Å²) in [7, 11) is 0. The van der Waals surface area contributed by atoms with Crippen molar-refractivity contribution in [1.29, 1.82) is 0 Å². The van der Waals surface area contributed by atoms with Gasteiger partial charge in [-0.1, -0.05) is 237 Å². The van der Waals surface area contributed by atoms with E-state index in [0.717, 1.165) is 89.9 Å². The van der Waals surface area contributed by atoms with Crippen LogP contribution in [0.3, 0.4) is 0 Å². The molecule has 0 aromatic rings. The molecule has 352 valence electrons. The number of hydrogen-bond donors (Lipinski definition) is 3. The lowest BCUT2D eigenvalue weighted by Gasteiger charge is -2.24. The number of carbonyl (C=O) groups is 2. The highest BCUT2D eigenvalue weighted by atomic mass is 16.5. The van der Waals surface area contributed by atoms with E-state index in [2.05, 4.69) is 62.5 Å². The highest BCUT2D eigenvalue weighted by Gasteiger charge is 2.24. The lowest BCUT2D eigenvalue weighted by Crippen LogP contribution is -2.46. The topological polar surface area (TPSA) is 95.9 Å². The first-order chi connectivity index (χ1) is 29.5. The van der Waals surface area contributed by atoms with Crippen molar-refractivity contribution in [2.45, 2.75) is 289 Å². The Balaban J connectivity index is 4.58. The fourth-order valence-electron chi connectivity index (χ4n) is 8.03. The molecule has 0 bridgehead atoms. The van der Waals surface area contributed by atoms with Crippen LogP contribution in [0, 0.1) is 0 Å². The highest BCUT2D eigenvalue weighted by Crippen LogP contribution is 2.18. The first-order valence-corrected chi connectivity index (χ1v) is 26.2. The molecule has 0 aliphatic carbocycles. The van der Waals surface area contributed by atoms with Gasteiger partial charge < -0.3 is 20.3 Å². The largest absolute Gasteiger partial charge is 0.462 e. The molecule has 0 heterocycles. The Kier molecular flexibility index (Phi) is 46.6. The maximum atomic E-state index is 13.2. The number of allylic oxidation sites excluding steroid dienone is 6. The Hall–Kier alpha value is -1.92. The predicted octanol–water partition coefficient (Wildman–Crippen LogP) is 15.7. The summed E-state index contributed by atoms with van der Waals surface area (Å²) in [6, 6.07) is -0.705. The zero-order valence-corrected chi connectivity index (χ0v) is 40.1. The normalized spacial score (nSPS) is 13.5. The molecule has 0 saturated carbocycles. The summed E-state index contributed by atoms with van der Waals surface area (Å²) in [6.07, 6.45) is 56.3. The number of ether oxygens (including phenoxy) is 1. The van der Waals surface area contributed by atoms with Crippen molar-refractivity contribution >= 4 is 11.9 Å². The molecule has 0 saturated heterocycles. The van der Waals surface area contributed by atoms with Gasteiger partial charge in [-0.2, -0.15) is 0 Å². The molecule has 3 N–H and O–H groups in total. The molecule has 60 heavy (non-hydrogen) atoms. The number of aliphatic hydroxyl groups excluding tert-OH is 2. The molecule has 3 unspecified atom stereocenters. The van der Waals surface area contributed by atoms with Crippen LogP contribution in [0.2, 0.25) is 0 Å². The first-order valence-electron chi connectivity index (χ1n) is 26.2. The average molecular weight is 844 g/mol. The van der Waals surface area contributed by atoms with Gasteiger partial charge in [-0.15, -0.1) is 0 Å². The zero-order valence-electron chi connectivity index (χ0n) is 40.1. The quantitative estimate of drug-likeness (QED) is 0.0322. The van der Waals surface area contributed by atoms with E-state index in [9.17, 15) is 19.8 Å². The van der Waals surface area contributed by atoms with E-state index in [1.165, 1.54) is 135 Å². The van der Waals surface area contributed by atoms with E-state index in [0.29, 0.717) is 19.3 Å². The van der Waals surface area contributed by atoms with E-state index in [4.69, 9.17) is 4.74 Å². The summed E-state index contributed by atoms with van der Waals surface area (Å²) in [6.45, 7) is 6.38. The second kappa shape index (κ2) is 48.1. The standard InChI is InChI=1S/C54H101NO5/c1-4-7-10-13-16-19-22-25-28-30-33-36-39-42-45-50(60-54(59)47-44-41-38-35-32-29-26-23-20-17-14-11-8-5-2)48-53(58)55-51(49-56)52(57)46-43-40-37-34-31-27-24-21-18-15-12-9-6-3/h7,10,16,19,25,28,50-52,56-57H,4-6,8-9,11-15,17-18,20-24,26-27,29-49H2,1-3H3,(H,55,58)/b10-7+,19-16+,28-25+. The van der Waals surface area contributed by atoms with Crippen LogP contribution in [-0.2, 0) is 14.3 Å². The second-order valence-electron chi connectivity index (χ2n) is 17.9. The van der Waals surface area contributed by atoms with Gasteiger partial charge in [0, 0.05) is 6.42 Å². The van der Waals surface area contributed by atoms with Crippen molar-refractivity contribution in [1.82, 2.24) is 5.32 Å². The zero-order chi connectivity index (χ0) is 43.8. The van der Waals surface area contributed by atoms with Gasteiger partial charge in [-0.05, 0) is 57.8 Å². The lowest BCUT2D eigenvalue weighted by atomic mass is 10.0. The van der Waals surface area contributed by atoms with Crippen LogP contribution in [0.4, 0.5) is 0 Å². The smallest absolute Gasteiger partial charge is 0.306 e. The maximum Gasteiger partial charge on any atom is 0.306 e. The van der Waals surface area contributed by atoms with Crippen LogP contribution in [0.25, 0.3) is 0 Å². The molecule has 3 atom stereocenters. The van der Waals surface area contributed by atoms with Gasteiger partial charge in [0.2, 0.25) is 5.91 Å². The Morgan fingerprint density at radius 1 is 0.500 bits per heavy atom. The molecule has 0 fully saturated rings. The molecule has 1 amide bonds. The summed E-state index contributed by atoms with van der Waals surface area (Å²) < 4.78 is 5.93. The number of amides is 1. The summed E-state index contributed by atoms with van der Waals surface area (Å²) >= 11 is 0. The van der Waals surface area contributed by atoms with Gasteiger partial charge in [-0.3, -0.25) is 9.59 Å². The predicted molar refractivity (Wildman–Crippen MR) is 259 cm³/mol. The third-order valence-electron chi connectivity index (χ3n) is 12.0. The molecule has 6 heteroatoms. The number of nitrogens with one attached hydrogen (secondary N) is 1. The molecule has 0 spiro atoms. The third-order valence-corrected chi connectivity index (χ3v) is 12.0. The average Bonchev–Trinajstić information content (AvgIpc) is 3.24. The summed E-state index contributed by atoms with van der Waals surface area (Å²) in [5, 5.41) is 23.8. The summed E-state index contributed by atoms with van der Waals surface area (Å²) in [5.41, 5.74) is 0. The molecule has 0 aromatic carbocycles. The van der Waals surface area contributed by atoms with E-state index in [-0.39, 0.29) is 24.9 Å². The molecule has 6 nitrogen and oxygen atoms in total. The van der Waals surface area contributed by atoms with Gasteiger partial charge in [-0.25, -0.2) is 0 Å². The van der Waals surface area contributed by atoms with E-state index < -0.39 is 18.2 Å². The Morgan fingerprint density at radius 3 is 1.37 bits per heavy atom. The van der Waals surface area contributed by atoms with Gasteiger partial charge in [0.1, 0.15) is 6.10 Å². The molecule has 0 aliphatic rings. The lowest BCUT2D eigenvalue weighted by molar-refractivity contribution is -0.151. The van der Waals surface area contributed by atoms with Crippen molar-refractivity contribution in [3.63, 3.8) is 0 Å². The fourth-order valence-corrected chi connectivity index (χ4v) is 8.03. The van der Waals surface area contributed by atoms with Crippen LogP contribution in [0.15, 0.2) is 36.5 Å². The number of unbranched alkanes of at least 4 members (excludes halogenated alkanes) is 29. The minimum absolute atomic E-state index is 0.0664. The Bertz CT molecular complexity index is 993. The molecular formula is C54H101NO5. The minimum Gasteiger partial charge on any atom is -0.462 e. The van der Waals surface area contributed by atoms with Crippen LogP contribution in [0.5, 0.6) is 0 Å². The maximum absolute atomic E-state index is 13.2. The first kappa shape index (κ1) is 58.1. The summed E-state index contributed by atoms with van der Waals surface area (Å²) in [4.78, 5) is 26.1. The Labute approximate surface area is 373 Å². The molecule has 0 rings (SSSR count). The van der Waals surface area contributed by atoms with Crippen molar-refractivity contribution in [3.05, 3.63) is 36.5 Å². The van der Waals surface area contributed by atoms with E-state index >= 15 is 0 Å². The van der Waals surface area contributed by atoms with Gasteiger partial charge >= 0.3 is 5.97 Å². The molecule has 0 radical (unpaired) electrons. The minimum atomic E-state index is -0.791. The van der Waals surface area contributed by atoms with Gasteiger partial charge in [0.15, 0.2) is 0 Å². The highest BCUT2D eigenvalue weighted by molar-refractivity contribution is 5.77. The van der Waals surface area contributed by atoms with Crippen LogP contribution >= 0.6 is 0 Å². The van der Waals surface area contributed by atoms with E-state index in [1.807, 2.05) is 0 Å². The van der Waals surface area contributed by atoms with Crippen LogP contribution in [-0.4, -0.2) is 46.9 Å². The number of rotatable bonds is 47. The van der Waals surface area contributed by atoms with Gasteiger partial charge in [0.05, 0.1) is 25.2 Å². The van der Waals surface area contributed by atoms with E-state index in [1.54, 1.807) is 0 Å². The van der Waals surface area contributed by atoms with Crippen molar-refractivity contribution in [2.75, 3.05) is 6.61 Å². The van der Waals surface area contributed by atoms with Crippen molar-refractivity contribution in [3.8, 4) is 0 Å². The summed E-state index contributed by atoms with van der Waals surface area (Å²) in [5.74, 6) is -0.484. The second-order valence-corrected chi connectivity index (χ2v) is 17.9. The van der Waals surface area contributed by atoms with Crippen molar-refractivity contribution < 1.29 is 24.5 Å². The van der Waals surface area contributed by atoms with Crippen molar-refractivity contribution in [2.24, 2.45) is 0 Å². The van der Waals surface area contributed by atoms with Crippen LogP contribution in [0.1, 0.15) is 271 Å². The molecule has 0 aromatic heterocycles. The monoisotopic (exact) mass is 844 g/mol. The number of esters is 1. The van der Waals surface area contributed by atoms with Crippen LogP contribution < -0.4 is 5.32 Å². The Morgan fingerprint density at radius 2 is 0.900 bits per heavy atom. The number of hydrogen-bond acceptors (Lipinski definition) is 5. The number of carbonyl (C=O) groups excluding carboxylic acids is 2. The SMILES string of the molecule is CC/C=C/C/C=C/C/C=C/CCCCCCC(CC(=O)NC(CO)C(O)CCCCCCCCCCCCCCC)OC(=O)CCCCCCCCCCCCCCCC. The van der Waals surface area contributed by atoms with Gasteiger partial charge in [0.25, 0.3) is 0 Å². The fraction of sp³-hybridized carbons (Fsp3) is 0.852.